The van der Waals surface area contributed by atoms with Crippen LogP contribution >= 0.6 is 11.8 Å². The number of carboxylic acids is 1. The summed E-state index contributed by atoms with van der Waals surface area (Å²) >= 11 is 1.27. The van der Waals surface area contributed by atoms with Crippen LogP contribution in [0.5, 0.6) is 5.75 Å². The number of pyridine rings is 1. The van der Waals surface area contributed by atoms with Gasteiger partial charge in [-0.2, -0.15) is 4.31 Å². The van der Waals surface area contributed by atoms with Crippen LogP contribution in [0, 0.1) is 0 Å². The van der Waals surface area contributed by atoms with Crippen LogP contribution < -0.4 is 10.1 Å². The van der Waals surface area contributed by atoms with Crippen molar-refractivity contribution in [3.63, 3.8) is 0 Å². The number of benzene rings is 1. The molecule has 0 radical (unpaired) electrons. The van der Waals surface area contributed by atoms with E-state index in [9.17, 15) is 32.7 Å². The third kappa shape index (κ3) is 7.37. The lowest BCUT2D eigenvalue weighted by atomic mass is 10.0. The number of rotatable bonds is 8. The Kier molecular flexibility index (Phi) is 9.82. The van der Waals surface area contributed by atoms with Gasteiger partial charge in [-0.1, -0.05) is 12.1 Å². The SMILES string of the molecule is COC(=O)N1CCN(C(=O)Oc2ccc(C[C@H](NC(=O)C3N(S(=O)(=O)c4cccnc4)CSC3(C)C)C(=O)O)cc2)CC1. The van der Waals surface area contributed by atoms with E-state index in [1.165, 1.54) is 65.3 Å². The highest BCUT2D eigenvalue weighted by atomic mass is 32.2. The molecule has 1 aromatic heterocycles. The van der Waals surface area contributed by atoms with E-state index in [2.05, 4.69) is 15.0 Å². The molecule has 2 atom stereocenters. The van der Waals surface area contributed by atoms with Crippen molar-refractivity contribution in [2.24, 2.45) is 0 Å². The number of ether oxygens (including phenoxy) is 2. The first-order chi connectivity index (χ1) is 20.3. The van der Waals surface area contributed by atoms with E-state index in [1.54, 1.807) is 26.0 Å². The Balaban J connectivity index is 1.39. The van der Waals surface area contributed by atoms with Gasteiger partial charge in [-0.05, 0) is 43.7 Å². The zero-order chi connectivity index (χ0) is 31.4. The van der Waals surface area contributed by atoms with Crippen molar-refractivity contribution in [1.82, 2.24) is 24.4 Å². The molecule has 14 nitrogen and oxygen atoms in total. The summed E-state index contributed by atoms with van der Waals surface area (Å²) < 4.78 is 37.0. The maximum Gasteiger partial charge on any atom is 0.415 e. The summed E-state index contributed by atoms with van der Waals surface area (Å²) in [6.07, 6.45) is 1.50. The van der Waals surface area contributed by atoms with Crippen molar-refractivity contribution in [1.29, 1.82) is 0 Å². The highest BCUT2D eigenvalue weighted by molar-refractivity contribution is 8.02. The van der Waals surface area contributed by atoms with Crippen LogP contribution in [0.25, 0.3) is 0 Å². The van der Waals surface area contributed by atoms with Crippen LogP contribution in [0.1, 0.15) is 19.4 Å². The quantitative estimate of drug-likeness (QED) is 0.431. The number of aromatic nitrogens is 1. The molecule has 2 fully saturated rings. The van der Waals surface area contributed by atoms with Gasteiger partial charge in [-0.15, -0.1) is 11.8 Å². The molecule has 1 aromatic carbocycles. The number of piperazine rings is 1. The van der Waals surface area contributed by atoms with E-state index in [1.807, 2.05) is 0 Å². The minimum absolute atomic E-state index is 0.0151. The Bertz CT molecular complexity index is 1450. The number of amides is 3. The standard InChI is InChI=1S/C27H33N5O9S2/c1-27(2)22(32(17-42-27)43(38,39)20-5-4-10-28-16-20)23(33)29-21(24(34)35)15-18-6-8-19(9-7-18)41-26(37)31-13-11-30(12-14-31)25(36)40-3/h4-10,16,21-22H,11-15,17H2,1-3H3,(H,29,33)(H,34,35)/t21-,22?/m0/s1. The zero-order valence-corrected chi connectivity index (χ0v) is 25.5. The van der Waals surface area contributed by atoms with Crippen LogP contribution in [0.2, 0.25) is 0 Å². The van der Waals surface area contributed by atoms with Crippen LogP contribution in [-0.2, 0) is 30.8 Å². The minimum atomic E-state index is -4.08. The molecular weight excluding hydrogens is 602 g/mol. The van der Waals surface area contributed by atoms with Crippen molar-refractivity contribution < 1.29 is 42.2 Å². The number of hydrogen-bond donors (Lipinski definition) is 2. The Hall–Kier alpha value is -3.89. The van der Waals surface area contributed by atoms with Gasteiger partial charge in [0.15, 0.2) is 0 Å². The van der Waals surface area contributed by atoms with Crippen LogP contribution in [0.15, 0.2) is 53.7 Å². The lowest BCUT2D eigenvalue weighted by Gasteiger charge is -2.33. The first-order valence-electron chi connectivity index (χ1n) is 13.3. The molecule has 43 heavy (non-hydrogen) atoms. The van der Waals surface area contributed by atoms with E-state index >= 15 is 0 Å². The Morgan fingerprint density at radius 1 is 1.07 bits per heavy atom. The van der Waals surface area contributed by atoms with Crippen molar-refractivity contribution in [2.45, 2.75) is 42.0 Å². The molecule has 1 unspecified atom stereocenters. The number of thioether (sulfide) groups is 1. The number of nitrogens with zero attached hydrogens (tertiary/aromatic N) is 4. The fraction of sp³-hybridized carbons (Fsp3) is 0.444. The molecule has 232 valence electrons. The van der Waals surface area contributed by atoms with Crippen molar-refractivity contribution in [3.05, 3.63) is 54.4 Å². The second-order valence-corrected chi connectivity index (χ2v) is 13.9. The van der Waals surface area contributed by atoms with E-state index in [0.29, 0.717) is 18.7 Å². The molecule has 16 heteroatoms. The van der Waals surface area contributed by atoms with Gasteiger partial charge < -0.3 is 29.7 Å². The van der Waals surface area contributed by atoms with Crippen molar-refractivity contribution in [2.75, 3.05) is 39.2 Å². The maximum absolute atomic E-state index is 13.5. The Morgan fingerprint density at radius 2 is 1.70 bits per heavy atom. The smallest absolute Gasteiger partial charge is 0.415 e. The fourth-order valence-electron chi connectivity index (χ4n) is 4.77. The largest absolute Gasteiger partial charge is 0.480 e. The van der Waals surface area contributed by atoms with Gasteiger partial charge in [0.05, 0.1) is 13.0 Å². The monoisotopic (exact) mass is 635 g/mol. The third-order valence-corrected chi connectivity index (χ3v) is 10.5. The molecule has 3 amide bonds. The summed E-state index contributed by atoms with van der Waals surface area (Å²) in [5, 5.41) is 12.4. The summed E-state index contributed by atoms with van der Waals surface area (Å²) in [5.74, 6) is -1.77. The second kappa shape index (κ2) is 13.2. The summed E-state index contributed by atoms with van der Waals surface area (Å²) in [5.41, 5.74) is 0.541. The Morgan fingerprint density at radius 3 is 2.26 bits per heavy atom. The van der Waals surface area contributed by atoms with Gasteiger partial charge in [0, 0.05) is 49.7 Å². The number of carbonyl (C=O) groups is 4. The first kappa shape index (κ1) is 32.0. The highest BCUT2D eigenvalue weighted by Gasteiger charge is 2.51. The summed E-state index contributed by atoms with van der Waals surface area (Å²) in [7, 11) is -2.78. The van der Waals surface area contributed by atoms with Gasteiger partial charge >= 0.3 is 18.2 Å². The lowest BCUT2D eigenvalue weighted by molar-refractivity contribution is -0.142. The van der Waals surface area contributed by atoms with Crippen LogP contribution in [-0.4, -0.2) is 113 Å². The van der Waals surface area contributed by atoms with E-state index < -0.39 is 50.9 Å². The molecule has 2 aromatic rings. The van der Waals surface area contributed by atoms with E-state index in [0.717, 1.165) is 4.31 Å². The molecule has 0 aliphatic carbocycles. The second-order valence-electron chi connectivity index (χ2n) is 10.4. The predicted octanol–water partition coefficient (Wildman–Crippen LogP) is 1.62. The maximum atomic E-state index is 13.5. The van der Waals surface area contributed by atoms with E-state index in [4.69, 9.17) is 4.74 Å². The Labute approximate surface area is 253 Å². The number of nitrogens with one attached hydrogen (secondary N) is 1. The summed E-state index contributed by atoms with van der Waals surface area (Å²) in [4.78, 5) is 56.5. The zero-order valence-electron chi connectivity index (χ0n) is 23.8. The topological polar surface area (TPSA) is 176 Å². The molecular formula is C27H33N5O9S2. The summed E-state index contributed by atoms with van der Waals surface area (Å²) in [6.45, 7) is 4.65. The first-order valence-corrected chi connectivity index (χ1v) is 15.7. The van der Waals surface area contributed by atoms with Gasteiger partial charge in [-0.3, -0.25) is 9.78 Å². The molecule has 2 aliphatic heterocycles. The third-order valence-electron chi connectivity index (χ3n) is 7.15. The molecule has 2 saturated heterocycles. The van der Waals surface area contributed by atoms with E-state index in [-0.39, 0.29) is 36.0 Å². The van der Waals surface area contributed by atoms with Crippen LogP contribution in [0.4, 0.5) is 9.59 Å². The van der Waals surface area contributed by atoms with Crippen molar-refractivity contribution >= 4 is 45.8 Å². The lowest BCUT2D eigenvalue weighted by Crippen LogP contribution is -2.56. The van der Waals surface area contributed by atoms with Crippen molar-refractivity contribution in [3.8, 4) is 5.75 Å². The predicted molar refractivity (Wildman–Crippen MR) is 155 cm³/mol. The number of sulfonamides is 1. The molecule has 3 heterocycles. The average Bonchev–Trinajstić information content (AvgIpc) is 3.33. The molecule has 4 rings (SSSR count). The van der Waals surface area contributed by atoms with Gasteiger partial charge in [0.25, 0.3) is 0 Å². The number of carbonyl (C=O) groups excluding carboxylic acids is 3. The minimum Gasteiger partial charge on any atom is -0.480 e. The summed E-state index contributed by atoms with van der Waals surface area (Å²) in [6, 6.07) is 6.53. The van der Waals surface area contributed by atoms with Gasteiger partial charge in [-0.25, -0.2) is 22.8 Å². The number of aliphatic carboxylic acids is 1. The van der Waals surface area contributed by atoms with Gasteiger partial charge in [0.2, 0.25) is 15.9 Å². The normalized spacial score (nSPS) is 19.4. The molecule has 2 N–H and O–H groups in total. The number of carboxylic acid groups (broad SMARTS) is 1. The van der Waals surface area contributed by atoms with Crippen LogP contribution in [0.3, 0.4) is 0 Å². The average molecular weight is 636 g/mol. The number of hydrogen-bond acceptors (Lipinski definition) is 10. The molecule has 0 bridgehead atoms. The fourth-order valence-corrected chi connectivity index (χ4v) is 7.90. The molecule has 0 saturated carbocycles. The number of methoxy groups -OCH3 is 1. The molecule has 2 aliphatic rings. The van der Waals surface area contributed by atoms with Gasteiger partial charge in [0.1, 0.15) is 22.7 Å². The molecule has 0 spiro atoms. The highest BCUT2D eigenvalue weighted by Crippen LogP contribution is 2.42.